The second-order valence-electron chi connectivity index (χ2n) is 4.39. The third kappa shape index (κ3) is 1.97. The van der Waals surface area contributed by atoms with Gasteiger partial charge in [-0.2, -0.15) is 0 Å². The van der Waals surface area contributed by atoms with Crippen molar-refractivity contribution in [2.24, 2.45) is 0 Å². The molecule has 102 valence electrons. The van der Waals surface area contributed by atoms with Crippen LogP contribution in [-0.4, -0.2) is 16.7 Å². The Morgan fingerprint density at radius 2 is 2.15 bits per heavy atom. The van der Waals surface area contributed by atoms with E-state index < -0.39 is 0 Å². The van der Waals surface area contributed by atoms with Gasteiger partial charge in [-0.25, -0.2) is 0 Å². The number of methoxy groups -OCH3 is 1. The standard InChI is InChI=1S/C14H12N2O2S2/c1-8-7-9(3-4-11(8)18-2)16-13(17)12-10(5-6-20-12)15-14(16)19/h3-7H,1-2H3,(H,15,19). The van der Waals surface area contributed by atoms with Crippen molar-refractivity contribution < 1.29 is 4.74 Å². The summed E-state index contributed by atoms with van der Waals surface area (Å²) in [5, 5.41) is 1.88. The molecule has 0 amide bonds. The molecule has 0 aliphatic heterocycles. The Morgan fingerprint density at radius 3 is 2.85 bits per heavy atom. The van der Waals surface area contributed by atoms with E-state index in [0.29, 0.717) is 9.47 Å². The van der Waals surface area contributed by atoms with Crippen molar-refractivity contribution in [3.63, 3.8) is 0 Å². The molecule has 3 rings (SSSR count). The highest BCUT2D eigenvalue weighted by Gasteiger charge is 2.09. The number of aromatic amines is 1. The number of thiophene rings is 1. The molecule has 0 fully saturated rings. The number of H-pyrrole nitrogens is 1. The van der Waals surface area contributed by atoms with Crippen molar-refractivity contribution in [3.05, 3.63) is 50.3 Å². The molecule has 0 bridgehead atoms. The van der Waals surface area contributed by atoms with Crippen LogP contribution in [0.1, 0.15) is 5.56 Å². The highest BCUT2D eigenvalue weighted by Crippen LogP contribution is 2.21. The third-order valence-corrected chi connectivity index (χ3v) is 4.33. The lowest BCUT2D eigenvalue weighted by molar-refractivity contribution is 0.411. The van der Waals surface area contributed by atoms with E-state index in [4.69, 9.17) is 17.0 Å². The van der Waals surface area contributed by atoms with Gasteiger partial charge in [-0.1, -0.05) is 0 Å². The summed E-state index contributed by atoms with van der Waals surface area (Å²) >= 11 is 6.71. The van der Waals surface area contributed by atoms with Crippen molar-refractivity contribution in [1.82, 2.24) is 9.55 Å². The van der Waals surface area contributed by atoms with Crippen LogP contribution in [0.25, 0.3) is 15.9 Å². The van der Waals surface area contributed by atoms with E-state index in [0.717, 1.165) is 22.5 Å². The highest BCUT2D eigenvalue weighted by atomic mass is 32.1. The number of hydrogen-bond donors (Lipinski definition) is 1. The van der Waals surface area contributed by atoms with Gasteiger partial charge in [-0.15, -0.1) is 11.3 Å². The largest absolute Gasteiger partial charge is 0.496 e. The van der Waals surface area contributed by atoms with Gasteiger partial charge in [-0.3, -0.25) is 9.36 Å². The predicted octanol–water partition coefficient (Wildman–Crippen LogP) is 3.43. The van der Waals surface area contributed by atoms with Gasteiger partial charge in [0.05, 0.1) is 18.3 Å². The van der Waals surface area contributed by atoms with Gasteiger partial charge in [0.2, 0.25) is 0 Å². The first-order valence-corrected chi connectivity index (χ1v) is 7.28. The molecule has 0 unspecified atom stereocenters. The molecule has 20 heavy (non-hydrogen) atoms. The summed E-state index contributed by atoms with van der Waals surface area (Å²) in [6.45, 7) is 1.93. The monoisotopic (exact) mass is 304 g/mol. The number of nitrogens with one attached hydrogen (secondary N) is 1. The summed E-state index contributed by atoms with van der Waals surface area (Å²) in [6.07, 6.45) is 0. The van der Waals surface area contributed by atoms with E-state index in [2.05, 4.69) is 4.98 Å². The van der Waals surface area contributed by atoms with E-state index in [1.807, 2.05) is 36.6 Å². The number of nitrogens with zero attached hydrogens (tertiary/aromatic N) is 1. The number of aryl methyl sites for hydroxylation is 1. The molecule has 0 aliphatic rings. The first-order chi connectivity index (χ1) is 9.61. The molecule has 0 saturated heterocycles. The molecule has 4 nitrogen and oxygen atoms in total. The number of ether oxygens (including phenoxy) is 1. The minimum absolute atomic E-state index is 0.0942. The SMILES string of the molecule is COc1ccc(-n2c(=S)[nH]c3ccsc3c2=O)cc1C. The molecule has 0 spiro atoms. The Kier molecular flexibility index (Phi) is 3.19. The molecule has 2 heterocycles. The summed E-state index contributed by atoms with van der Waals surface area (Å²) in [7, 11) is 1.62. The lowest BCUT2D eigenvalue weighted by Crippen LogP contribution is -2.19. The van der Waals surface area contributed by atoms with Crippen molar-refractivity contribution in [2.75, 3.05) is 7.11 Å². The first kappa shape index (κ1) is 13.1. The van der Waals surface area contributed by atoms with Crippen molar-refractivity contribution in [1.29, 1.82) is 0 Å². The number of aromatic nitrogens is 2. The molecule has 0 aliphatic carbocycles. The van der Waals surface area contributed by atoms with Crippen molar-refractivity contribution >= 4 is 33.8 Å². The molecule has 0 atom stereocenters. The molecular formula is C14H12N2O2S2. The molecule has 0 radical (unpaired) electrons. The quantitative estimate of drug-likeness (QED) is 0.738. The summed E-state index contributed by atoms with van der Waals surface area (Å²) in [4.78, 5) is 15.6. The Hall–Kier alpha value is -1.92. The third-order valence-electron chi connectivity index (χ3n) is 3.14. The Balaban J connectivity index is 2.32. The number of benzene rings is 1. The topological polar surface area (TPSA) is 47.0 Å². The van der Waals surface area contributed by atoms with Gasteiger partial charge in [0.25, 0.3) is 5.56 Å². The van der Waals surface area contributed by atoms with Crippen LogP contribution in [0, 0.1) is 11.7 Å². The van der Waals surface area contributed by atoms with E-state index in [-0.39, 0.29) is 5.56 Å². The van der Waals surface area contributed by atoms with Gasteiger partial charge in [0, 0.05) is 0 Å². The smallest absolute Gasteiger partial charge is 0.276 e. The van der Waals surface area contributed by atoms with Crippen LogP contribution in [0.2, 0.25) is 0 Å². The average Bonchev–Trinajstić information content (AvgIpc) is 2.87. The van der Waals surface area contributed by atoms with Crippen LogP contribution < -0.4 is 10.3 Å². The maximum Gasteiger partial charge on any atom is 0.276 e. The number of fused-ring (bicyclic) bond motifs is 1. The van der Waals surface area contributed by atoms with Crippen LogP contribution in [-0.2, 0) is 0 Å². The first-order valence-electron chi connectivity index (χ1n) is 5.99. The van der Waals surface area contributed by atoms with Gasteiger partial charge >= 0.3 is 0 Å². The number of hydrogen-bond acceptors (Lipinski definition) is 4. The van der Waals surface area contributed by atoms with Gasteiger partial charge in [0.1, 0.15) is 10.4 Å². The average molecular weight is 304 g/mol. The molecule has 1 aromatic carbocycles. The Morgan fingerprint density at radius 1 is 1.35 bits per heavy atom. The predicted molar refractivity (Wildman–Crippen MR) is 83.9 cm³/mol. The lowest BCUT2D eigenvalue weighted by Gasteiger charge is -2.10. The van der Waals surface area contributed by atoms with E-state index in [1.165, 1.54) is 15.9 Å². The van der Waals surface area contributed by atoms with E-state index >= 15 is 0 Å². The molecule has 2 aromatic heterocycles. The van der Waals surface area contributed by atoms with Crippen LogP contribution in [0.15, 0.2) is 34.4 Å². The molecule has 0 saturated carbocycles. The molecule has 6 heteroatoms. The molecule has 3 aromatic rings. The summed E-state index contributed by atoms with van der Waals surface area (Å²) in [5.74, 6) is 0.786. The van der Waals surface area contributed by atoms with E-state index in [9.17, 15) is 4.79 Å². The molecule has 1 N–H and O–H groups in total. The minimum atomic E-state index is -0.0942. The maximum atomic E-state index is 12.5. The van der Waals surface area contributed by atoms with Crippen LogP contribution in [0.4, 0.5) is 0 Å². The Bertz CT molecular complexity index is 905. The second kappa shape index (κ2) is 4.88. The van der Waals surface area contributed by atoms with E-state index in [1.54, 1.807) is 7.11 Å². The summed E-state index contributed by atoms with van der Waals surface area (Å²) in [5.41, 5.74) is 2.39. The summed E-state index contributed by atoms with van der Waals surface area (Å²) < 4.78 is 7.82. The fourth-order valence-electron chi connectivity index (χ4n) is 2.17. The molecular weight excluding hydrogens is 292 g/mol. The maximum absolute atomic E-state index is 12.5. The lowest BCUT2D eigenvalue weighted by atomic mass is 10.2. The van der Waals surface area contributed by atoms with Crippen LogP contribution in [0.3, 0.4) is 0 Å². The second-order valence-corrected chi connectivity index (χ2v) is 5.69. The minimum Gasteiger partial charge on any atom is -0.496 e. The fraction of sp³-hybridized carbons (Fsp3) is 0.143. The zero-order valence-corrected chi connectivity index (χ0v) is 12.6. The highest BCUT2D eigenvalue weighted by molar-refractivity contribution is 7.71. The van der Waals surface area contributed by atoms with Crippen molar-refractivity contribution in [3.8, 4) is 11.4 Å². The zero-order chi connectivity index (χ0) is 14.3. The van der Waals surface area contributed by atoms with Gasteiger partial charge in [0.15, 0.2) is 4.77 Å². The zero-order valence-electron chi connectivity index (χ0n) is 11.0. The summed E-state index contributed by atoms with van der Waals surface area (Å²) in [6, 6.07) is 7.42. The fourth-order valence-corrected chi connectivity index (χ4v) is 3.25. The Labute approximate surface area is 124 Å². The number of rotatable bonds is 2. The van der Waals surface area contributed by atoms with Crippen molar-refractivity contribution in [2.45, 2.75) is 6.92 Å². The van der Waals surface area contributed by atoms with Gasteiger partial charge in [-0.05, 0) is 54.4 Å². The van der Waals surface area contributed by atoms with Gasteiger partial charge < -0.3 is 9.72 Å². The van der Waals surface area contributed by atoms with Crippen LogP contribution >= 0.6 is 23.6 Å². The van der Waals surface area contributed by atoms with Crippen LogP contribution in [0.5, 0.6) is 5.75 Å². The normalized spacial score (nSPS) is 10.9.